The van der Waals surface area contributed by atoms with E-state index in [0.29, 0.717) is 29.5 Å². The van der Waals surface area contributed by atoms with Gasteiger partial charge in [-0.25, -0.2) is 8.42 Å². The van der Waals surface area contributed by atoms with Crippen molar-refractivity contribution in [3.63, 3.8) is 0 Å². The molecule has 0 radical (unpaired) electrons. The Bertz CT molecular complexity index is 1370. The monoisotopic (exact) mass is 477 g/mol. The Kier molecular flexibility index (Phi) is 6.93. The highest BCUT2D eigenvalue weighted by Gasteiger charge is 2.17. The van der Waals surface area contributed by atoms with Crippen molar-refractivity contribution < 1.29 is 22.5 Å². The van der Waals surface area contributed by atoms with Gasteiger partial charge in [0.15, 0.2) is 0 Å². The van der Waals surface area contributed by atoms with Gasteiger partial charge in [0.05, 0.1) is 11.4 Å². The second-order valence-corrected chi connectivity index (χ2v) is 9.23. The molecule has 8 nitrogen and oxygen atoms in total. The Morgan fingerprint density at radius 3 is 2.44 bits per heavy atom. The van der Waals surface area contributed by atoms with Gasteiger partial charge in [0.25, 0.3) is 15.9 Å². The van der Waals surface area contributed by atoms with Crippen LogP contribution in [0.2, 0.25) is 0 Å². The van der Waals surface area contributed by atoms with Gasteiger partial charge < -0.3 is 14.6 Å². The van der Waals surface area contributed by atoms with E-state index in [1.54, 1.807) is 43.3 Å². The Balaban J connectivity index is 1.38. The molecule has 3 aromatic carbocycles. The van der Waals surface area contributed by atoms with E-state index in [2.05, 4.69) is 15.2 Å². The molecule has 0 saturated heterocycles. The molecule has 0 fully saturated rings. The Hall–Kier alpha value is -4.11. The van der Waals surface area contributed by atoms with Gasteiger partial charge >= 0.3 is 0 Å². The van der Waals surface area contributed by atoms with Crippen LogP contribution in [-0.4, -0.2) is 19.5 Å². The summed E-state index contributed by atoms with van der Waals surface area (Å²) in [6, 6.07) is 23.9. The molecule has 2 N–H and O–H groups in total. The summed E-state index contributed by atoms with van der Waals surface area (Å²) in [4.78, 5) is 12.4. The number of aromatic nitrogens is 1. The highest BCUT2D eigenvalue weighted by atomic mass is 32.2. The maximum Gasteiger partial charge on any atom is 0.261 e. The van der Waals surface area contributed by atoms with Gasteiger partial charge in [-0.1, -0.05) is 41.6 Å². The Morgan fingerprint density at radius 1 is 0.971 bits per heavy atom. The number of hydrogen-bond acceptors (Lipinski definition) is 6. The lowest BCUT2D eigenvalue weighted by atomic mass is 10.2. The number of benzene rings is 3. The van der Waals surface area contributed by atoms with Gasteiger partial charge in [-0.2, -0.15) is 0 Å². The van der Waals surface area contributed by atoms with Crippen molar-refractivity contribution in [2.45, 2.75) is 25.0 Å². The van der Waals surface area contributed by atoms with Crippen molar-refractivity contribution in [3.05, 3.63) is 108 Å². The molecule has 0 aliphatic rings. The minimum Gasteiger partial charge on any atom is -0.489 e. The van der Waals surface area contributed by atoms with Crippen LogP contribution in [0.15, 0.2) is 94.3 Å². The van der Waals surface area contributed by atoms with Crippen molar-refractivity contribution in [1.29, 1.82) is 0 Å². The van der Waals surface area contributed by atoms with Crippen LogP contribution in [0.25, 0.3) is 0 Å². The maximum absolute atomic E-state index is 12.9. The van der Waals surface area contributed by atoms with E-state index >= 15 is 0 Å². The van der Waals surface area contributed by atoms with Crippen LogP contribution in [0.1, 0.15) is 27.4 Å². The minimum atomic E-state index is -3.90. The highest BCUT2D eigenvalue weighted by molar-refractivity contribution is 7.92. The van der Waals surface area contributed by atoms with Crippen LogP contribution in [-0.2, 0) is 23.2 Å². The van der Waals surface area contributed by atoms with E-state index < -0.39 is 15.9 Å². The molecule has 0 spiro atoms. The zero-order chi connectivity index (χ0) is 24.0. The Labute approximate surface area is 197 Å². The van der Waals surface area contributed by atoms with E-state index in [9.17, 15) is 13.2 Å². The first-order valence-electron chi connectivity index (χ1n) is 10.5. The number of carbonyl (C=O) groups is 1. The molecular formula is C25H23N3O5S. The average molecular weight is 478 g/mol. The third-order valence-corrected chi connectivity index (χ3v) is 6.25. The zero-order valence-electron chi connectivity index (χ0n) is 18.4. The van der Waals surface area contributed by atoms with Gasteiger partial charge in [0, 0.05) is 17.3 Å². The van der Waals surface area contributed by atoms with Gasteiger partial charge in [-0.05, 0) is 55.0 Å². The molecule has 34 heavy (non-hydrogen) atoms. The first-order chi connectivity index (χ1) is 16.4. The normalized spacial score (nSPS) is 11.1. The van der Waals surface area contributed by atoms with E-state index in [1.165, 1.54) is 18.2 Å². The number of sulfonamides is 1. The summed E-state index contributed by atoms with van der Waals surface area (Å²) in [5, 5.41) is 6.51. The van der Waals surface area contributed by atoms with Crippen LogP contribution in [0.4, 0.5) is 5.69 Å². The van der Waals surface area contributed by atoms with Crippen LogP contribution in [0.3, 0.4) is 0 Å². The summed E-state index contributed by atoms with van der Waals surface area (Å²) in [5.41, 5.74) is 2.20. The van der Waals surface area contributed by atoms with Crippen molar-refractivity contribution in [3.8, 4) is 5.75 Å². The summed E-state index contributed by atoms with van der Waals surface area (Å²) in [6.45, 7) is 2.34. The van der Waals surface area contributed by atoms with Gasteiger partial charge in [-0.15, -0.1) is 0 Å². The van der Waals surface area contributed by atoms with Crippen molar-refractivity contribution >= 4 is 21.6 Å². The molecule has 4 aromatic rings. The summed E-state index contributed by atoms with van der Waals surface area (Å²) in [6.07, 6.45) is 0. The van der Waals surface area contributed by atoms with Crippen LogP contribution >= 0.6 is 0 Å². The number of rotatable bonds is 9. The molecule has 1 heterocycles. The lowest BCUT2D eigenvalue weighted by Gasteiger charge is -2.11. The number of ether oxygens (including phenoxy) is 1. The SMILES string of the molecule is Cc1cc(CNC(=O)c2cccc(S(=O)(=O)Nc3ccc(OCc4ccccc4)cc3)c2)no1. The molecule has 174 valence electrons. The third-order valence-electron chi connectivity index (χ3n) is 4.87. The van der Waals surface area contributed by atoms with Gasteiger partial charge in [-0.3, -0.25) is 9.52 Å². The summed E-state index contributed by atoms with van der Waals surface area (Å²) in [5.74, 6) is 0.838. The molecule has 1 amide bonds. The average Bonchev–Trinajstić information content (AvgIpc) is 3.27. The van der Waals surface area contributed by atoms with Crippen molar-refractivity contribution in [2.75, 3.05) is 4.72 Å². The molecule has 0 saturated carbocycles. The fourth-order valence-corrected chi connectivity index (χ4v) is 4.26. The first kappa shape index (κ1) is 23.1. The number of nitrogens with zero attached hydrogens (tertiary/aromatic N) is 1. The highest BCUT2D eigenvalue weighted by Crippen LogP contribution is 2.21. The first-order valence-corrected chi connectivity index (χ1v) is 12.0. The second kappa shape index (κ2) is 10.2. The predicted molar refractivity (Wildman–Crippen MR) is 127 cm³/mol. The quantitative estimate of drug-likeness (QED) is 0.372. The molecule has 0 atom stereocenters. The smallest absolute Gasteiger partial charge is 0.261 e. The molecule has 4 rings (SSSR count). The van der Waals surface area contributed by atoms with Crippen LogP contribution in [0, 0.1) is 6.92 Å². The molecule has 0 aliphatic heterocycles. The zero-order valence-corrected chi connectivity index (χ0v) is 19.2. The largest absolute Gasteiger partial charge is 0.489 e. The number of aryl methyl sites for hydroxylation is 1. The number of nitrogens with one attached hydrogen (secondary N) is 2. The number of carbonyl (C=O) groups excluding carboxylic acids is 1. The predicted octanol–water partition coefficient (Wildman–Crippen LogP) is 4.29. The molecular weight excluding hydrogens is 454 g/mol. The molecule has 1 aromatic heterocycles. The second-order valence-electron chi connectivity index (χ2n) is 7.54. The number of amides is 1. The number of hydrogen-bond donors (Lipinski definition) is 2. The van der Waals surface area contributed by atoms with E-state index in [4.69, 9.17) is 9.26 Å². The van der Waals surface area contributed by atoms with E-state index in [0.717, 1.165) is 5.56 Å². The minimum absolute atomic E-state index is 0.0261. The van der Waals surface area contributed by atoms with E-state index in [1.807, 2.05) is 30.3 Å². The lowest BCUT2D eigenvalue weighted by Crippen LogP contribution is -2.23. The summed E-state index contributed by atoms with van der Waals surface area (Å²) >= 11 is 0. The standard InChI is InChI=1S/C25H23N3O5S/c1-18-14-22(27-33-18)16-26-25(29)20-8-5-9-24(15-20)34(30,31)28-21-10-12-23(13-11-21)32-17-19-6-3-2-4-7-19/h2-15,28H,16-17H2,1H3,(H,26,29). The molecule has 0 aliphatic carbocycles. The van der Waals surface area contributed by atoms with E-state index in [-0.39, 0.29) is 17.0 Å². The van der Waals surface area contributed by atoms with Gasteiger partial charge in [0.2, 0.25) is 0 Å². The van der Waals surface area contributed by atoms with Crippen molar-refractivity contribution in [2.24, 2.45) is 0 Å². The fourth-order valence-electron chi connectivity index (χ4n) is 3.15. The number of anilines is 1. The molecule has 0 unspecified atom stereocenters. The third kappa shape index (κ3) is 6.02. The summed E-state index contributed by atoms with van der Waals surface area (Å²) in [7, 11) is -3.90. The van der Waals surface area contributed by atoms with Crippen LogP contribution in [0.5, 0.6) is 5.75 Å². The lowest BCUT2D eigenvalue weighted by molar-refractivity contribution is 0.0950. The van der Waals surface area contributed by atoms with Crippen LogP contribution < -0.4 is 14.8 Å². The maximum atomic E-state index is 12.9. The fraction of sp³-hybridized carbons (Fsp3) is 0.120. The van der Waals surface area contributed by atoms with Crippen molar-refractivity contribution in [1.82, 2.24) is 10.5 Å². The molecule has 0 bridgehead atoms. The summed E-state index contributed by atoms with van der Waals surface area (Å²) < 4.78 is 38.9. The van der Waals surface area contributed by atoms with Gasteiger partial charge in [0.1, 0.15) is 23.8 Å². The Morgan fingerprint density at radius 2 is 1.74 bits per heavy atom. The topological polar surface area (TPSA) is 111 Å². The molecule has 9 heteroatoms.